The number of carbonyl (C=O) groups excluding carboxylic acids is 1. The maximum atomic E-state index is 12.1. The van der Waals surface area contributed by atoms with E-state index in [9.17, 15) is 13.2 Å². The van der Waals surface area contributed by atoms with Gasteiger partial charge in [0.05, 0.1) is 11.5 Å². The molecule has 2 saturated heterocycles. The highest BCUT2D eigenvalue weighted by atomic mass is 32.2. The first-order chi connectivity index (χ1) is 11.7. The zero-order valence-electron chi connectivity index (χ0n) is 15.9. The van der Waals surface area contributed by atoms with Crippen LogP contribution in [0.1, 0.15) is 34.1 Å². The lowest BCUT2D eigenvalue weighted by atomic mass is 10.1. The second kappa shape index (κ2) is 8.38. The predicted molar refractivity (Wildman–Crippen MR) is 100 cm³/mol. The van der Waals surface area contributed by atoms with Crippen LogP contribution in [0.2, 0.25) is 0 Å². The smallest absolute Gasteiger partial charge is 0.225 e. The third kappa shape index (κ3) is 5.87. The summed E-state index contributed by atoms with van der Waals surface area (Å²) in [5.74, 6) is 1.72. The molecule has 2 heterocycles. The zero-order chi connectivity index (χ0) is 18.6. The van der Waals surface area contributed by atoms with Gasteiger partial charge in [-0.3, -0.25) is 9.79 Å². The highest BCUT2D eigenvalue weighted by Crippen LogP contribution is 2.18. The molecule has 144 valence electrons. The third-order valence-electron chi connectivity index (χ3n) is 4.63. The van der Waals surface area contributed by atoms with E-state index in [4.69, 9.17) is 4.99 Å². The van der Waals surface area contributed by atoms with Crippen molar-refractivity contribution in [2.45, 2.75) is 40.2 Å². The molecular formula is C17H32N4O3S. The number of rotatable bonds is 4. The van der Waals surface area contributed by atoms with Crippen LogP contribution in [0, 0.1) is 11.8 Å². The summed E-state index contributed by atoms with van der Waals surface area (Å²) in [7, 11) is -2.86. The van der Waals surface area contributed by atoms with Crippen LogP contribution in [0.25, 0.3) is 0 Å². The fourth-order valence-electron chi connectivity index (χ4n) is 3.23. The SMILES string of the molecule is CC(C)NC(=NCC1CCS(=O)(=O)C1)N1CCN(C(=O)C(C)C)CC1. The normalized spacial score (nSPS) is 24.2. The predicted octanol–water partition coefficient (Wildman–Crippen LogP) is 0.575. The maximum absolute atomic E-state index is 12.1. The highest BCUT2D eigenvalue weighted by molar-refractivity contribution is 7.91. The maximum Gasteiger partial charge on any atom is 0.225 e. The van der Waals surface area contributed by atoms with Crippen molar-refractivity contribution in [2.24, 2.45) is 16.8 Å². The molecule has 1 unspecified atom stereocenters. The molecule has 0 radical (unpaired) electrons. The van der Waals surface area contributed by atoms with E-state index in [0.29, 0.717) is 26.1 Å². The Morgan fingerprint density at radius 2 is 1.72 bits per heavy atom. The molecule has 0 aromatic carbocycles. The Kier molecular flexibility index (Phi) is 6.71. The van der Waals surface area contributed by atoms with Gasteiger partial charge in [-0.2, -0.15) is 0 Å². The van der Waals surface area contributed by atoms with E-state index in [-0.39, 0.29) is 35.3 Å². The minimum absolute atomic E-state index is 0.0257. The van der Waals surface area contributed by atoms with E-state index in [1.807, 2.05) is 18.7 Å². The minimum atomic E-state index is -2.86. The lowest BCUT2D eigenvalue weighted by molar-refractivity contribution is -0.135. The molecule has 2 aliphatic heterocycles. The molecular weight excluding hydrogens is 340 g/mol. The summed E-state index contributed by atoms with van der Waals surface area (Å²) in [6.07, 6.45) is 0.706. The Morgan fingerprint density at radius 3 is 2.20 bits per heavy atom. The van der Waals surface area contributed by atoms with Crippen molar-refractivity contribution >= 4 is 21.7 Å². The van der Waals surface area contributed by atoms with Crippen LogP contribution in [0.3, 0.4) is 0 Å². The van der Waals surface area contributed by atoms with Gasteiger partial charge in [0, 0.05) is 44.7 Å². The summed E-state index contributed by atoms with van der Waals surface area (Å²) in [5.41, 5.74) is 0. The Morgan fingerprint density at radius 1 is 1.12 bits per heavy atom. The summed E-state index contributed by atoms with van der Waals surface area (Å²) in [5, 5.41) is 3.38. The first-order valence-electron chi connectivity index (χ1n) is 9.23. The Hall–Kier alpha value is -1.31. The van der Waals surface area contributed by atoms with E-state index < -0.39 is 9.84 Å². The van der Waals surface area contributed by atoms with Crippen molar-refractivity contribution in [1.82, 2.24) is 15.1 Å². The molecule has 1 atom stereocenters. The fourth-order valence-corrected chi connectivity index (χ4v) is 5.08. The second-order valence-corrected chi connectivity index (χ2v) is 9.93. The number of aliphatic imine (C=N–C) groups is 1. The summed E-state index contributed by atoms with van der Waals surface area (Å²) < 4.78 is 23.2. The van der Waals surface area contributed by atoms with Crippen molar-refractivity contribution in [2.75, 3.05) is 44.2 Å². The van der Waals surface area contributed by atoms with Crippen molar-refractivity contribution in [3.05, 3.63) is 0 Å². The quantitative estimate of drug-likeness (QED) is 0.576. The number of nitrogens with zero attached hydrogens (tertiary/aromatic N) is 3. The van der Waals surface area contributed by atoms with Crippen LogP contribution in [0.15, 0.2) is 4.99 Å². The number of carbonyl (C=O) groups is 1. The van der Waals surface area contributed by atoms with E-state index in [0.717, 1.165) is 19.0 Å². The molecule has 0 spiro atoms. The van der Waals surface area contributed by atoms with Crippen molar-refractivity contribution in [3.8, 4) is 0 Å². The molecule has 2 fully saturated rings. The van der Waals surface area contributed by atoms with Gasteiger partial charge >= 0.3 is 0 Å². The molecule has 7 nitrogen and oxygen atoms in total. The van der Waals surface area contributed by atoms with Gasteiger partial charge < -0.3 is 15.1 Å². The second-order valence-electron chi connectivity index (χ2n) is 7.70. The first kappa shape index (κ1) is 20.0. The summed E-state index contributed by atoms with van der Waals surface area (Å²) in [6.45, 7) is 11.4. The number of amides is 1. The van der Waals surface area contributed by atoms with Crippen LogP contribution >= 0.6 is 0 Å². The fraction of sp³-hybridized carbons (Fsp3) is 0.882. The number of piperazine rings is 1. The molecule has 0 aromatic heterocycles. The van der Waals surface area contributed by atoms with Crippen LogP contribution in [0.5, 0.6) is 0 Å². The van der Waals surface area contributed by atoms with Gasteiger partial charge in [-0.1, -0.05) is 13.8 Å². The largest absolute Gasteiger partial charge is 0.354 e. The van der Waals surface area contributed by atoms with Crippen molar-refractivity contribution < 1.29 is 13.2 Å². The van der Waals surface area contributed by atoms with Crippen LogP contribution in [-0.2, 0) is 14.6 Å². The average molecular weight is 373 g/mol. The number of hydrogen-bond acceptors (Lipinski definition) is 4. The number of sulfone groups is 1. The standard InChI is InChI=1S/C17H32N4O3S/c1-13(2)16(22)20-6-8-21(9-7-20)17(19-14(3)4)18-11-15-5-10-25(23,24)12-15/h13-15H,5-12H2,1-4H3,(H,18,19). The van der Waals surface area contributed by atoms with Gasteiger partial charge in [-0.05, 0) is 26.2 Å². The van der Waals surface area contributed by atoms with E-state index in [1.54, 1.807) is 0 Å². The molecule has 0 bridgehead atoms. The average Bonchev–Trinajstić information content (AvgIpc) is 2.89. The van der Waals surface area contributed by atoms with E-state index in [2.05, 4.69) is 24.1 Å². The molecule has 25 heavy (non-hydrogen) atoms. The van der Waals surface area contributed by atoms with E-state index >= 15 is 0 Å². The summed E-state index contributed by atoms with van der Waals surface area (Å²) in [4.78, 5) is 20.9. The van der Waals surface area contributed by atoms with Gasteiger partial charge in [0.2, 0.25) is 5.91 Å². The van der Waals surface area contributed by atoms with Gasteiger partial charge in [0.25, 0.3) is 0 Å². The Balaban J connectivity index is 1.96. The monoisotopic (exact) mass is 372 g/mol. The van der Waals surface area contributed by atoms with Gasteiger partial charge in [0.15, 0.2) is 15.8 Å². The van der Waals surface area contributed by atoms with Gasteiger partial charge in [-0.25, -0.2) is 8.42 Å². The molecule has 0 saturated carbocycles. The minimum Gasteiger partial charge on any atom is -0.354 e. The lowest BCUT2D eigenvalue weighted by Gasteiger charge is -2.37. The zero-order valence-corrected chi connectivity index (χ0v) is 16.7. The molecule has 0 aliphatic carbocycles. The van der Waals surface area contributed by atoms with Crippen LogP contribution in [-0.4, -0.2) is 80.4 Å². The Labute approximate surface area is 151 Å². The number of nitrogens with one attached hydrogen (secondary N) is 1. The molecule has 1 amide bonds. The summed E-state index contributed by atoms with van der Waals surface area (Å²) in [6, 6.07) is 0.251. The number of guanidine groups is 1. The topological polar surface area (TPSA) is 82.1 Å². The first-order valence-corrected chi connectivity index (χ1v) is 11.0. The van der Waals surface area contributed by atoms with Crippen molar-refractivity contribution in [1.29, 1.82) is 0 Å². The molecule has 2 aliphatic rings. The third-order valence-corrected chi connectivity index (χ3v) is 6.47. The molecule has 1 N–H and O–H groups in total. The Bertz CT molecular complexity index is 593. The molecule has 0 aromatic rings. The highest BCUT2D eigenvalue weighted by Gasteiger charge is 2.29. The van der Waals surface area contributed by atoms with Gasteiger partial charge in [-0.15, -0.1) is 0 Å². The number of hydrogen-bond donors (Lipinski definition) is 1. The molecule has 2 rings (SSSR count). The molecule has 8 heteroatoms. The van der Waals surface area contributed by atoms with E-state index in [1.165, 1.54) is 0 Å². The van der Waals surface area contributed by atoms with Crippen LogP contribution < -0.4 is 5.32 Å². The van der Waals surface area contributed by atoms with Gasteiger partial charge in [0.1, 0.15) is 0 Å². The summed E-state index contributed by atoms with van der Waals surface area (Å²) >= 11 is 0. The van der Waals surface area contributed by atoms with Crippen molar-refractivity contribution in [3.63, 3.8) is 0 Å². The van der Waals surface area contributed by atoms with Crippen LogP contribution in [0.4, 0.5) is 0 Å². The lowest BCUT2D eigenvalue weighted by Crippen LogP contribution is -2.55.